The molecule has 0 heterocycles. The van der Waals surface area contributed by atoms with Gasteiger partial charge in [0.1, 0.15) is 0 Å². The minimum atomic E-state index is 0. The van der Waals surface area contributed by atoms with Gasteiger partial charge in [0.25, 0.3) is 0 Å². The minimum absolute atomic E-state index is 0. The molecule has 0 bridgehead atoms. The van der Waals surface area contributed by atoms with Gasteiger partial charge in [0.05, 0.1) is 0 Å². The van der Waals surface area contributed by atoms with Crippen LogP contribution in [-0.2, 0) is 70.2 Å². The Kier molecular flexibility index (Phi) is 118. The molecule has 0 N–H and O–H groups in total. The van der Waals surface area contributed by atoms with Gasteiger partial charge in [-0.15, -0.1) is 6.29 Å². The van der Waals surface area contributed by atoms with Gasteiger partial charge in [-0.25, -0.2) is 0 Å². The Bertz CT molecular complexity index is 53.0. The van der Waals surface area contributed by atoms with Crippen LogP contribution < -0.4 is 0 Å². The fourth-order valence-electron chi connectivity index (χ4n) is 0.0481. The van der Waals surface area contributed by atoms with Crippen LogP contribution in [0.1, 0.15) is 0 Å². The maximum atomic E-state index is 9.15. The van der Waals surface area contributed by atoms with Gasteiger partial charge in [-0.3, -0.25) is 0 Å². The quantitative estimate of drug-likeness (QED) is 0.522. The molecule has 0 aliphatic carbocycles. The Hall–Kier alpha value is 1.49. The first-order valence-electron chi connectivity index (χ1n) is 1.23. The normalized spacial score (nSPS) is 4.89. The summed E-state index contributed by atoms with van der Waals surface area (Å²) in [4.78, 5) is 9.15. The van der Waals surface area contributed by atoms with Gasteiger partial charge in [0, 0.05) is 65.4 Å². The number of rotatable bonds is 1. The zero-order chi connectivity index (χ0) is 4.12. The van der Waals surface area contributed by atoms with Crippen molar-refractivity contribution < 1.29 is 70.2 Å². The largest absolute Gasteiger partial charge is 0.440 e. The molecule has 0 unspecified atom stereocenters. The Balaban J connectivity index is -0.0000000133. The first-order valence-corrected chi connectivity index (χ1v) is 1.23. The molecule has 0 saturated heterocycles. The van der Waals surface area contributed by atoms with Crippen LogP contribution in [-0.4, -0.2) is 6.29 Å². The van der Waals surface area contributed by atoms with Crippen LogP contribution in [0.3, 0.4) is 0 Å². The minimum Gasteiger partial charge on any atom is -0.440 e. The molecular formula is C6H10OY2-4. The maximum Gasteiger partial charge on any atom is 0 e. The van der Waals surface area contributed by atoms with Crippen LogP contribution in [0.25, 0.3) is 0 Å². The molecule has 0 rings (SSSR count). The van der Waals surface area contributed by atoms with Crippen LogP contribution >= 0.6 is 0 Å². The number of hydrogen-bond donors (Lipinski definition) is 0. The molecule has 9 heavy (non-hydrogen) atoms. The Morgan fingerprint density at radius 1 is 1.22 bits per heavy atom. The first-order chi connectivity index (χ1) is 2.41. The first kappa shape index (κ1) is 31.3. The van der Waals surface area contributed by atoms with Crippen molar-refractivity contribution in [1.82, 2.24) is 0 Å². The Morgan fingerprint density at radius 2 is 1.56 bits per heavy atom. The average Bonchev–Trinajstić information content (AvgIpc) is 1.41. The summed E-state index contributed by atoms with van der Waals surface area (Å²) in [7, 11) is 0. The van der Waals surface area contributed by atoms with Crippen molar-refractivity contribution in [1.29, 1.82) is 0 Å². The van der Waals surface area contributed by atoms with Crippen LogP contribution in [0.15, 0.2) is 12.2 Å². The molecular weight excluding hydrogens is 266 g/mol. The molecule has 2 radical (unpaired) electrons. The second-order valence-corrected chi connectivity index (χ2v) is 0.520. The van der Waals surface area contributed by atoms with Gasteiger partial charge in [0.2, 0.25) is 0 Å². The molecule has 0 aromatic heterocycles. The second-order valence-electron chi connectivity index (χ2n) is 0.520. The van der Waals surface area contributed by atoms with Crippen LogP contribution in [0, 0.1) is 21.8 Å². The third kappa shape index (κ3) is 43.7. The summed E-state index contributed by atoms with van der Waals surface area (Å²) >= 11 is 0. The zero-order valence-corrected chi connectivity index (χ0v) is 11.6. The number of allylic oxidation sites excluding steroid dienone is 2. The summed E-state index contributed by atoms with van der Waals surface area (Å²) < 4.78 is 0. The van der Waals surface area contributed by atoms with E-state index in [4.69, 9.17) is 4.79 Å². The monoisotopic (exact) mass is 276 g/mol. The number of hydrogen-bond acceptors (Lipinski definition) is 1. The molecule has 1 nitrogen and oxygen atoms in total. The van der Waals surface area contributed by atoms with Crippen LogP contribution in [0.2, 0.25) is 0 Å². The average molecular weight is 276 g/mol. The molecule has 0 amide bonds. The summed E-state index contributed by atoms with van der Waals surface area (Å²) in [6.45, 7) is 3.23. The van der Waals surface area contributed by atoms with E-state index < -0.39 is 0 Å². The third-order valence-electron chi connectivity index (χ3n) is 0.186. The predicted molar refractivity (Wildman–Crippen MR) is 33.0 cm³/mol. The van der Waals surface area contributed by atoms with Crippen molar-refractivity contribution in [2.45, 2.75) is 0 Å². The summed E-state index contributed by atoms with van der Waals surface area (Å²) in [6, 6.07) is 0. The summed E-state index contributed by atoms with van der Waals surface area (Å²) in [5, 5.41) is 0. The fraction of sp³-hybridized carbons (Fsp3) is 0. The van der Waals surface area contributed by atoms with Gasteiger partial charge in [-0.2, -0.15) is 0 Å². The molecule has 0 aliphatic heterocycles. The van der Waals surface area contributed by atoms with Crippen molar-refractivity contribution in [3.8, 4) is 0 Å². The molecule has 0 aromatic carbocycles. The van der Waals surface area contributed by atoms with E-state index >= 15 is 0 Å². The maximum absolute atomic E-state index is 9.15. The topological polar surface area (TPSA) is 17.1 Å². The standard InChI is InChI=1S/C4H4O.2CH3.2Y/c1-2-3-4-5;;;;/h2-3H,1H2;2*1H3;;/q-2;2*-1;;/b3-2+;;;;. The molecule has 0 aromatic rings. The van der Waals surface area contributed by atoms with Crippen molar-refractivity contribution in [2.75, 3.05) is 0 Å². The van der Waals surface area contributed by atoms with E-state index in [0.717, 1.165) is 0 Å². The zero-order valence-electron chi connectivity index (χ0n) is 5.92. The summed E-state index contributed by atoms with van der Waals surface area (Å²) in [6.07, 6.45) is 4.11. The van der Waals surface area contributed by atoms with E-state index in [9.17, 15) is 0 Å². The number of carbonyl (C=O) groups excluding carboxylic acids is 1. The molecule has 0 atom stereocenters. The molecule has 0 spiro atoms. The van der Waals surface area contributed by atoms with Crippen molar-refractivity contribution in [3.05, 3.63) is 33.9 Å². The van der Waals surface area contributed by atoms with Crippen molar-refractivity contribution in [3.63, 3.8) is 0 Å². The van der Waals surface area contributed by atoms with E-state index in [1.807, 2.05) is 0 Å². The molecule has 0 saturated carbocycles. The molecule has 50 valence electrons. The van der Waals surface area contributed by atoms with Crippen molar-refractivity contribution in [2.24, 2.45) is 0 Å². The fourth-order valence-corrected chi connectivity index (χ4v) is 0.0481. The molecule has 3 heteroatoms. The second kappa shape index (κ2) is 33.9. The van der Waals surface area contributed by atoms with E-state index in [2.05, 4.69) is 6.92 Å². The molecule has 0 aliphatic rings. The van der Waals surface area contributed by atoms with Gasteiger partial charge < -0.3 is 38.7 Å². The van der Waals surface area contributed by atoms with Crippen molar-refractivity contribution >= 4 is 6.29 Å². The van der Waals surface area contributed by atoms with Crippen LogP contribution in [0.4, 0.5) is 0 Å². The summed E-state index contributed by atoms with van der Waals surface area (Å²) in [5.41, 5.74) is 0. The van der Waals surface area contributed by atoms with E-state index in [1.165, 1.54) is 18.4 Å². The van der Waals surface area contributed by atoms with E-state index in [0.29, 0.717) is 0 Å². The molecule has 0 fully saturated rings. The van der Waals surface area contributed by atoms with Gasteiger partial charge in [-0.1, -0.05) is 0 Å². The third-order valence-corrected chi connectivity index (χ3v) is 0.186. The van der Waals surface area contributed by atoms with Gasteiger partial charge >= 0.3 is 0 Å². The van der Waals surface area contributed by atoms with Gasteiger partial charge in [0.15, 0.2) is 0 Å². The summed E-state index contributed by atoms with van der Waals surface area (Å²) in [5.74, 6) is 0. The SMILES string of the molecule is [CH2-]/C=C/[C-]=O.[CH3-].[CH3-].[Y].[Y]. The van der Waals surface area contributed by atoms with Crippen LogP contribution in [0.5, 0.6) is 0 Å². The van der Waals surface area contributed by atoms with E-state index in [1.54, 1.807) is 0 Å². The predicted octanol–water partition coefficient (Wildman–Crippen LogP) is 1.38. The smallest absolute Gasteiger partial charge is 0 e. The Morgan fingerprint density at radius 3 is 1.56 bits per heavy atom. The Labute approximate surface area is 109 Å². The van der Waals surface area contributed by atoms with E-state index in [-0.39, 0.29) is 80.3 Å². The van der Waals surface area contributed by atoms with Gasteiger partial charge in [-0.05, 0) is 0 Å².